The topological polar surface area (TPSA) is 49.6 Å². The van der Waals surface area contributed by atoms with E-state index in [0.717, 1.165) is 26.2 Å². The second kappa shape index (κ2) is 10.3. The molecular weight excluding hydrogens is 308 g/mol. The van der Waals surface area contributed by atoms with Crippen LogP contribution in [-0.4, -0.2) is 47.5 Å². The van der Waals surface area contributed by atoms with Gasteiger partial charge in [-0.25, -0.2) is 4.79 Å². The van der Waals surface area contributed by atoms with Crippen molar-refractivity contribution in [1.82, 2.24) is 9.80 Å². The molecule has 2 N–H and O–H groups in total. The number of rotatable bonds is 0. The van der Waals surface area contributed by atoms with Crippen LogP contribution in [0.4, 0.5) is 4.79 Å². The van der Waals surface area contributed by atoms with Crippen LogP contribution in [0.1, 0.15) is 20.8 Å². The molecule has 0 atom stereocenters. The Hall–Kier alpha value is 0.390. The highest BCUT2D eigenvalue weighted by molar-refractivity contribution is 5.86. The number of carbonyl (C=O) groups is 1. The third-order valence-corrected chi connectivity index (χ3v) is 2.54. The number of hydrogen-bond donors (Lipinski definition) is 1. The fraction of sp³-hybridized carbons (Fsp3) is 0.889. The van der Waals surface area contributed by atoms with E-state index in [2.05, 4.69) is 25.7 Å². The van der Waals surface area contributed by atoms with Crippen molar-refractivity contribution in [1.29, 1.82) is 0 Å². The molecule has 0 bridgehead atoms. The highest BCUT2D eigenvalue weighted by Crippen LogP contribution is 2.15. The molecule has 4 nitrogen and oxygen atoms in total. The fourth-order valence-corrected chi connectivity index (χ4v) is 1.60. The molecule has 0 aliphatic carbocycles. The Labute approximate surface area is 128 Å². The first kappa shape index (κ1) is 26.1. The first-order valence-corrected chi connectivity index (χ1v) is 4.70. The minimum atomic E-state index is -0.298. The van der Waals surface area contributed by atoms with E-state index in [0.29, 0.717) is 0 Å². The number of halogens is 4. The number of amides is 2. The van der Waals surface area contributed by atoms with Crippen molar-refractivity contribution in [2.24, 2.45) is 5.73 Å². The molecule has 1 aliphatic heterocycles. The zero-order valence-corrected chi connectivity index (χ0v) is 13.6. The van der Waals surface area contributed by atoms with Crippen LogP contribution in [0, 0.1) is 0 Å². The number of nitrogens with zero attached hydrogens (tertiary/aromatic N) is 2. The van der Waals surface area contributed by atoms with E-state index >= 15 is 0 Å². The number of nitrogens with two attached hydrogens (primary N) is 1. The Kier molecular flexibility index (Phi) is 15.8. The summed E-state index contributed by atoms with van der Waals surface area (Å²) in [4.78, 5) is 14.9. The Balaban J connectivity index is -0.000000211. The van der Waals surface area contributed by atoms with E-state index in [1.165, 1.54) is 0 Å². The first-order chi connectivity index (χ1) is 5.91. The summed E-state index contributed by atoms with van der Waals surface area (Å²) in [7, 11) is 0. The normalized spacial score (nSPS) is 15.6. The number of carbonyl (C=O) groups excluding carboxylic acids is 1. The predicted octanol–water partition coefficient (Wildman–Crippen LogP) is 2.17. The van der Waals surface area contributed by atoms with Gasteiger partial charge >= 0.3 is 6.03 Å². The van der Waals surface area contributed by atoms with E-state index in [-0.39, 0.29) is 61.2 Å². The van der Waals surface area contributed by atoms with Crippen molar-refractivity contribution >= 4 is 55.7 Å². The van der Waals surface area contributed by atoms with Crippen molar-refractivity contribution in [2.45, 2.75) is 26.3 Å². The second-order valence-corrected chi connectivity index (χ2v) is 4.48. The molecule has 2 amide bonds. The molecule has 108 valence electrons. The summed E-state index contributed by atoms with van der Waals surface area (Å²) in [6.07, 6.45) is 0. The van der Waals surface area contributed by atoms with Gasteiger partial charge in [-0.15, -0.1) is 49.6 Å². The smallest absolute Gasteiger partial charge is 0.314 e. The molecule has 0 saturated carbocycles. The van der Waals surface area contributed by atoms with Gasteiger partial charge in [0.25, 0.3) is 0 Å². The molecule has 0 unspecified atom stereocenters. The number of primary amides is 1. The number of urea groups is 1. The Morgan fingerprint density at radius 3 is 1.53 bits per heavy atom. The second-order valence-electron chi connectivity index (χ2n) is 4.48. The molecule has 1 aliphatic rings. The summed E-state index contributed by atoms with van der Waals surface area (Å²) < 4.78 is 0. The van der Waals surface area contributed by atoms with Crippen molar-refractivity contribution in [3.63, 3.8) is 0 Å². The Bertz CT molecular complexity index is 203. The quantitative estimate of drug-likeness (QED) is 0.740. The van der Waals surface area contributed by atoms with Gasteiger partial charge < -0.3 is 10.6 Å². The van der Waals surface area contributed by atoms with Gasteiger partial charge in [-0.3, -0.25) is 4.90 Å². The van der Waals surface area contributed by atoms with Gasteiger partial charge in [-0.2, -0.15) is 0 Å². The van der Waals surface area contributed by atoms with Crippen molar-refractivity contribution < 1.29 is 4.79 Å². The molecule has 1 rings (SSSR count). The van der Waals surface area contributed by atoms with Crippen molar-refractivity contribution in [2.75, 3.05) is 26.2 Å². The summed E-state index contributed by atoms with van der Waals surface area (Å²) in [5.41, 5.74) is 5.39. The zero-order valence-electron chi connectivity index (χ0n) is 10.3. The number of hydrogen-bond acceptors (Lipinski definition) is 2. The zero-order chi connectivity index (χ0) is 10.1. The molecule has 1 saturated heterocycles. The van der Waals surface area contributed by atoms with E-state index < -0.39 is 0 Å². The van der Waals surface area contributed by atoms with E-state index in [1.54, 1.807) is 4.90 Å². The van der Waals surface area contributed by atoms with Crippen LogP contribution in [0.2, 0.25) is 0 Å². The predicted molar refractivity (Wildman–Crippen MR) is 81.5 cm³/mol. The fourth-order valence-electron chi connectivity index (χ4n) is 1.60. The summed E-state index contributed by atoms with van der Waals surface area (Å²) >= 11 is 0. The van der Waals surface area contributed by atoms with Crippen LogP contribution in [0.5, 0.6) is 0 Å². The maximum atomic E-state index is 10.8. The van der Waals surface area contributed by atoms with Crippen molar-refractivity contribution in [3.8, 4) is 0 Å². The molecule has 0 radical (unpaired) electrons. The third kappa shape index (κ3) is 8.16. The minimum absolute atomic E-state index is 0. The van der Waals surface area contributed by atoms with E-state index in [1.807, 2.05) is 0 Å². The number of piperazine rings is 1. The molecule has 0 aromatic carbocycles. The first-order valence-electron chi connectivity index (χ1n) is 4.70. The van der Waals surface area contributed by atoms with Gasteiger partial charge in [-0.1, -0.05) is 0 Å². The van der Waals surface area contributed by atoms with Crippen molar-refractivity contribution in [3.05, 3.63) is 0 Å². The van der Waals surface area contributed by atoms with Crippen LogP contribution in [-0.2, 0) is 0 Å². The molecular formula is C9H23Cl4N3O. The van der Waals surface area contributed by atoms with Crippen LogP contribution >= 0.6 is 49.6 Å². The van der Waals surface area contributed by atoms with Gasteiger partial charge in [0.15, 0.2) is 0 Å². The lowest BCUT2D eigenvalue weighted by Gasteiger charge is -2.41. The molecule has 0 spiro atoms. The minimum Gasteiger partial charge on any atom is -0.351 e. The van der Waals surface area contributed by atoms with E-state index in [9.17, 15) is 4.79 Å². The summed E-state index contributed by atoms with van der Waals surface area (Å²) in [5, 5.41) is 0. The highest BCUT2D eigenvalue weighted by Gasteiger charge is 2.26. The lowest BCUT2D eigenvalue weighted by Crippen LogP contribution is -2.55. The largest absolute Gasteiger partial charge is 0.351 e. The maximum absolute atomic E-state index is 10.8. The SMILES string of the molecule is CC(C)(C)N1CCN(C(N)=O)CC1.Cl.Cl.Cl.Cl. The monoisotopic (exact) mass is 329 g/mol. The Morgan fingerprint density at radius 2 is 1.29 bits per heavy atom. The third-order valence-electron chi connectivity index (χ3n) is 2.54. The summed E-state index contributed by atoms with van der Waals surface area (Å²) in [6, 6.07) is -0.298. The van der Waals surface area contributed by atoms with Gasteiger partial charge in [0, 0.05) is 31.7 Å². The maximum Gasteiger partial charge on any atom is 0.314 e. The molecule has 0 aromatic rings. The average Bonchev–Trinajstić information content (AvgIpc) is 2.03. The van der Waals surface area contributed by atoms with Crippen LogP contribution < -0.4 is 5.73 Å². The average molecular weight is 331 g/mol. The van der Waals surface area contributed by atoms with Crippen LogP contribution in [0.25, 0.3) is 0 Å². The lowest BCUT2D eigenvalue weighted by molar-refractivity contribution is 0.0765. The lowest BCUT2D eigenvalue weighted by atomic mass is 10.1. The van der Waals surface area contributed by atoms with Gasteiger partial charge in [0.1, 0.15) is 0 Å². The van der Waals surface area contributed by atoms with Gasteiger partial charge in [-0.05, 0) is 20.8 Å². The highest BCUT2D eigenvalue weighted by atomic mass is 35.5. The van der Waals surface area contributed by atoms with Crippen LogP contribution in [0.15, 0.2) is 0 Å². The molecule has 0 aromatic heterocycles. The summed E-state index contributed by atoms with van der Waals surface area (Å²) in [6.45, 7) is 9.92. The molecule has 8 heteroatoms. The Morgan fingerprint density at radius 1 is 0.941 bits per heavy atom. The van der Waals surface area contributed by atoms with Gasteiger partial charge in [0.2, 0.25) is 0 Å². The van der Waals surface area contributed by atoms with Gasteiger partial charge in [0.05, 0.1) is 0 Å². The molecule has 17 heavy (non-hydrogen) atoms. The molecule has 1 heterocycles. The standard InChI is InChI=1S/C9H19N3O.4ClH/c1-9(2,3)12-6-4-11(5-7-12)8(10)13;;;;/h4-7H2,1-3H3,(H2,10,13);4*1H. The molecule has 1 fully saturated rings. The van der Waals surface area contributed by atoms with Crippen LogP contribution in [0.3, 0.4) is 0 Å². The van der Waals surface area contributed by atoms with E-state index in [4.69, 9.17) is 5.73 Å². The summed E-state index contributed by atoms with van der Waals surface area (Å²) in [5.74, 6) is 0.